The molecule has 0 radical (unpaired) electrons. The summed E-state index contributed by atoms with van der Waals surface area (Å²) in [5.74, 6) is 1.62. The molecule has 0 aliphatic heterocycles. The van der Waals surface area contributed by atoms with Crippen LogP contribution >= 0.6 is 11.6 Å². The Hall–Kier alpha value is -2.20. The van der Waals surface area contributed by atoms with E-state index in [4.69, 9.17) is 11.6 Å². The number of rotatable bonds is 3. The number of nitrogens with one attached hydrogen (secondary N) is 1. The average molecular weight is 299 g/mol. The van der Waals surface area contributed by atoms with Gasteiger partial charge in [-0.1, -0.05) is 43.6 Å². The number of nitrogens with zero attached hydrogens (tertiary/aromatic N) is 3. The summed E-state index contributed by atoms with van der Waals surface area (Å²) in [5.41, 5.74) is 1.80. The molecule has 2 aromatic heterocycles. The van der Waals surface area contributed by atoms with Crippen LogP contribution in [0.1, 0.15) is 25.6 Å². The lowest BCUT2D eigenvalue weighted by molar-refractivity contribution is 0.776. The molecule has 0 saturated carbocycles. The molecule has 0 unspecified atom stereocenters. The first kappa shape index (κ1) is 13.8. The summed E-state index contributed by atoms with van der Waals surface area (Å²) in [6.07, 6.45) is 1.78. The maximum absolute atomic E-state index is 6.07. The third-order valence-electron chi connectivity index (χ3n) is 3.12. The van der Waals surface area contributed by atoms with Crippen LogP contribution in [0.15, 0.2) is 42.6 Å². The molecule has 0 saturated heterocycles. The van der Waals surface area contributed by atoms with Crippen LogP contribution in [0.5, 0.6) is 0 Å². The summed E-state index contributed by atoms with van der Waals surface area (Å²) in [4.78, 5) is 13.2. The molecule has 0 bridgehead atoms. The van der Waals surface area contributed by atoms with Gasteiger partial charge in [-0.05, 0) is 12.1 Å². The van der Waals surface area contributed by atoms with Gasteiger partial charge in [-0.2, -0.15) is 0 Å². The number of halogens is 1. The largest absolute Gasteiger partial charge is 0.338 e. The number of fused-ring (bicyclic) bond motifs is 1. The molecule has 0 amide bonds. The smallest absolute Gasteiger partial charge is 0.135 e. The van der Waals surface area contributed by atoms with E-state index in [2.05, 4.69) is 20.3 Å². The number of anilines is 2. The quantitative estimate of drug-likeness (QED) is 0.721. The van der Waals surface area contributed by atoms with Crippen LogP contribution in [0.25, 0.3) is 10.9 Å². The second-order valence-corrected chi connectivity index (χ2v) is 5.48. The highest BCUT2D eigenvalue weighted by molar-refractivity contribution is 6.29. The van der Waals surface area contributed by atoms with Gasteiger partial charge >= 0.3 is 0 Å². The first-order valence-corrected chi connectivity index (χ1v) is 7.16. The number of aromatic nitrogens is 3. The molecule has 106 valence electrons. The van der Waals surface area contributed by atoms with Gasteiger partial charge in [0.2, 0.25) is 0 Å². The molecule has 0 spiro atoms. The third kappa shape index (κ3) is 2.95. The number of pyridine rings is 1. The third-order valence-corrected chi connectivity index (χ3v) is 3.32. The number of hydrogen-bond donors (Lipinski definition) is 1. The van der Waals surface area contributed by atoms with Gasteiger partial charge < -0.3 is 5.32 Å². The van der Waals surface area contributed by atoms with Crippen molar-refractivity contribution in [1.82, 2.24) is 15.0 Å². The van der Waals surface area contributed by atoms with E-state index in [1.807, 2.05) is 44.2 Å². The van der Waals surface area contributed by atoms with Crippen LogP contribution < -0.4 is 5.32 Å². The van der Waals surface area contributed by atoms with Crippen molar-refractivity contribution in [3.63, 3.8) is 0 Å². The lowest BCUT2D eigenvalue weighted by Gasteiger charge is -2.11. The Kier molecular flexibility index (Phi) is 3.71. The standard InChI is InChI=1S/C16H15ClN4/c1-10(2)16-20-13(17)9-14(21-16)19-12-7-3-5-11-6-4-8-18-15(11)12/h3-10H,1-2H3,(H,19,20,21). The summed E-state index contributed by atoms with van der Waals surface area (Å²) in [6.45, 7) is 4.07. The Labute approximate surface area is 128 Å². The molecule has 21 heavy (non-hydrogen) atoms. The summed E-state index contributed by atoms with van der Waals surface area (Å²) >= 11 is 6.07. The van der Waals surface area contributed by atoms with Gasteiger partial charge in [0, 0.05) is 23.6 Å². The van der Waals surface area contributed by atoms with Crippen molar-refractivity contribution in [3.8, 4) is 0 Å². The Morgan fingerprint density at radius 2 is 1.90 bits per heavy atom. The molecule has 1 aromatic carbocycles. The van der Waals surface area contributed by atoms with Crippen molar-refractivity contribution >= 4 is 34.0 Å². The second kappa shape index (κ2) is 5.66. The lowest BCUT2D eigenvalue weighted by atomic mass is 10.2. The summed E-state index contributed by atoms with van der Waals surface area (Å²) in [5, 5.41) is 4.80. The number of para-hydroxylation sites is 1. The Morgan fingerprint density at radius 1 is 1.10 bits per heavy atom. The lowest BCUT2D eigenvalue weighted by Crippen LogP contribution is -2.02. The molecular formula is C16H15ClN4. The Bertz CT molecular complexity index is 781. The van der Waals surface area contributed by atoms with Crippen LogP contribution in [0.3, 0.4) is 0 Å². The predicted octanol–water partition coefficient (Wildman–Crippen LogP) is 4.55. The minimum atomic E-state index is 0.217. The highest BCUT2D eigenvalue weighted by Gasteiger charge is 2.08. The molecule has 0 fully saturated rings. The second-order valence-electron chi connectivity index (χ2n) is 5.09. The fourth-order valence-corrected chi connectivity index (χ4v) is 2.29. The summed E-state index contributed by atoms with van der Waals surface area (Å²) in [6, 6.07) is 11.7. The van der Waals surface area contributed by atoms with E-state index in [1.165, 1.54) is 0 Å². The van der Waals surface area contributed by atoms with E-state index in [-0.39, 0.29) is 5.92 Å². The average Bonchev–Trinajstić information content (AvgIpc) is 2.47. The Balaban J connectivity index is 2.03. The molecule has 0 aliphatic carbocycles. The summed E-state index contributed by atoms with van der Waals surface area (Å²) in [7, 11) is 0. The SMILES string of the molecule is CC(C)c1nc(Cl)cc(Nc2cccc3cccnc23)n1. The van der Waals surface area contributed by atoms with Crippen molar-refractivity contribution < 1.29 is 0 Å². The minimum absolute atomic E-state index is 0.217. The topological polar surface area (TPSA) is 50.7 Å². The van der Waals surface area contributed by atoms with Gasteiger partial charge in [0.05, 0.1) is 11.2 Å². The molecule has 5 heteroatoms. The first-order chi connectivity index (χ1) is 10.1. The highest BCUT2D eigenvalue weighted by atomic mass is 35.5. The van der Waals surface area contributed by atoms with E-state index in [0.717, 1.165) is 22.4 Å². The molecule has 3 aromatic rings. The zero-order valence-corrected chi connectivity index (χ0v) is 12.6. The molecule has 3 rings (SSSR count). The zero-order valence-electron chi connectivity index (χ0n) is 11.8. The highest BCUT2D eigenvalue weighted by Crippen LogP contribution is 2.25. The van der Waals surface area contributed by atoms with E-state index < -0.39 is 0 Å². The van der Waals surface area contributed by atoms with Gasteiger partial charge in [-0.15, -0.1) is 0 Å². The molecule has 4 nitrogen and oxygen atoms in total. The van der Waals surface area contributed by atoms with Gasteiger partial charge in [-0.25, -0.2) is 9.97 Å². The van der Waals surface area contributed by atoms with Crippen LogP contribution in [-0.4, -0.2) is 15.0 Å². The number of hydrogen-bond acceptors (Lipinski definition) is 4. The van der Waals surface area contributed by atoms with Gasteiger partial charge in [-0.3, -0.25) is 4.98 Å². The van der Waals surface area contributed by atoms with Crippen molar-refractivity contribution in [2.24, 2.45) is 0 Å². The van der Waals surface area contributed by atoms with Crippen LogP contribution in [0.4, 0.5) is 11.5 Å². The molecule has 0 aliphatic rings. The van der Waals surface area contributed by atoms with E-state index in [1.54, 1.807) is 12.3 Å². The summed E-state index contributed by atoms with van der Waals surface area (Å²) < 4.78 is 0. The van der Waals surface area contributed by atoms with Crippen LogP contribution in [0, 0.1) is 0 Å². The maximum Gasteiger partial charge on any atom is 0.135 e. The Morgan fingerprint density at radius 3 is 2.71 bits per heavy atom. The maximum atomic E-state index is 6.07. The van der Waals surface area contributed by atoms with Crippen molar-refractivity contribution in [2.45, 2.75) is 19.8 Å². The van der Waals surface area contributed by atoms with E-state index in [9.17, 15) is 0 Å². The van der Waals surface area contributed by atoms with Gasteiger partial charge in [0.25, 0.3) is 0 Å². The van der Waals surface area contributed by atoms with Crippen molar-refractivity contribution in [1.29, 1.82) is 0 Å². The van der Waals surface area contributed by atoms with Gasteiger partial charge in [0.15, 0.2) is 0 Å². The van der Waals surface area contributed by atoms with Crippen molar-refractivity contribution in [2.75, 3.05) is 5.32 Å². The monoisotopic (exact) mass is 298 g/mol. The van der Waals surface area contributed by atoms with Crippen molar-refractivity contribution in [3.05, 3.63) is 53.6 Å². The fourth-order valence-electron chi connectivity index (χ4n) is 2.10. The first-order valence-electron chi connectivity index (χ1n) is 6.79. The zero-order chi connectivity index (χ0) is 14.8. The van der Waals surface area contributed by atoms with E-state index >= 15 is 0 Å². The number of benzene rings is 1. The molecule has 0 atom stereocenters. The molecular weight excluding hydrogens is 284 g/mol. The predicted molar refractivity (Wildman–Crippen MR) is 86.2 cm³/mol. The molecule has 2 heterocycles. The normalized spacial score (nSPS) is 11.0. The van der Waals surface area contributed by atoms with Crippen LogP contribution in [0.2, 0.25) is 5.15 Å². The van der Waals surface area contributed by atoms with Crippen LogP contribution in [-0.2, 0) is 0 Å². The van der Waals surface area contributed by atoms with Gasteiger partial charge in [0.1, 0.15) is 16.8 Å². The minimum Gasteiger partial charge on any atom is -0.338 e. The molecule has 1 N–H and O–H groups in total. The fraction of sp³-hybridized carbons (Fsp3) is 0.188. The van der Waals surface area contributed by atoms with E-state index in [0.29, 0.717) is 11.0 Å².